The van der Waals surface area contributed by atoms with Crippen LogP contribution in [0.3, 0.4) is 0 Å². The summed E-state index contributed by atoms with van der Waals surface area (Å²) in [6, 6.07) is 16.5. The van der Waals surface area contributed by atoms with Crippen LogP contribution < -0.4 is 10.6 Å². The monoisotopic (exact) mass is 479 g/mol. The van der Waals surface area contributed by atoms with Crippen molar-refractivity contribution in [2.75, 3.05) is 13.6 Å². The van der Waals surface area contributed by atoms with Crippen LogP contribution in [0.5, 0.6) is 0 Å². The molecule has 0 aliphatic heterocycles. The second kappa shape index (κ2) is 10.7. The normalized spacial score (nSPS) is 11.0. The smallest absolute Gasteiger partial charge is 0.191 e. The van der Waals surface area contributed by atoms with Gasteiger partial charge in [-0.1, -0.05) is 30.3 Å². The van der Waals surface area contributed by atoms with E-state index in [0.717, 1.165) is 29.8 Å². The largest absolute Gasteiger partial charge is 0.356 e. The predicted octanol–water partition coefficient (Wildman–Crippen LogP) is 3.54. The number of nitrogens with zero attached hydrogens (tertiary/aromatic N) is 3. The molecule has 0 saturated carbocycles. The lowest BCUT2D eigenvalue weighted by atomic mass is 10.2. The summed E-state index contributed by atoms with van der Waals surface area (Å²) in [6.07, 6.45) is 4.75. The van der Waals surface area contributed by atoms with E-state index in [0.29, 0.717) is 12.5 Å². The van der Waals surface area contributed by atoms with Gasteiger partial charge in [0, 0.05) is 26.3 Å². The Morgan fingerprint density at radius 3 is 2.48 bits per heavy atom. The Morgan fingerprint density at radius 1 is 1.04 bits per heavy atom. The van der Waals surface area contributed by atoms with Crippen LogP contribution in [0.4, 0.5) is 4.39 Å². The Kier molecular flexibility index (Phi) is 8.25. The maximum atomic E-state index is 12.9. The van der Waals surface area contributed by atoms with Crippen LogP contribution in [0, 0.1) is 5.82 Å². The van der Waals surface area contributed by atoms with Crippen molar-refractivity contribution in [2.24, 2.45) is 4.99 Å². The van der Waals surface area contributed by atoms with E-state index in [-0.39, 0.29) is 29.8 Å². The molecule has 0 saturated heterocycles. The highest BCUT2D eigenvalue weighted by Gasteiger charge is 2.02. The Bertz CT molecular complexity index is 846. The van der Waals surface area contributed by atoms with Gasteiger partial charge in [0.1, 0.15) is 5.82 Å². The molecular weight excluding hydrogens is 456 g/mol. The summed E-state index contributed by atoms with van der Waals surface area (Å²) in [5.41, 5.74) is 3.19. The fourth-order valence-electron chi connectivity index (χ4n) is 2.55. The Labute approximate surface area is 175 Å². The van der Waals surface area contributed by atoms with E-state index in [1.54, 1.807) is 19.2 Å². The van der Waals surface area contributed by atoms with E-state index >= 15 is 0 Å². The summed E-state index contributed by atoms with van der Waals surface area (Å²) in [7, 11) is 1.73. The molecule has 0 atom stereocenters. The van der Waals surface area contributed by atoms with Gasteiger partial charge in [0.2, 0.25) is 0 Å². The van der Waals surface area contributed by atoms with E-state index in [9.17, 15) is 4.39 Å². The molecule has 0 radical (unpaired) electrons. The Hall–Kier alpha value is -2.42. The first kappa shape index (κ1) is 20.9. The van der Waals surface area contributed by atoms with Crippen molar-refractivity contribution in [1.29, 1.82) is 0 Å². The number of halogens is 2. The van der Waals surface area contributed by atoms with Gasteiger partial charge in [-0.25, -0.2) is 9.07 Å². The summed E-state index contributed by atoms with van der Waals surface area (Å²) < 4.78 is 14.8. The SMILES string of the molecule is CN=C(NCCc1cnn(-c2ccccc2)c1)NCc1ccc(F)cc1.I. The van der Waals surface area contributed by atoms with Crippen LogP contribution in [0.15, 0.2) is 72.0 Å². The molecular formula is C20H23FIN5. The number of aliphatic imine (C=N–C) groups is 1. The predicted molar refractivity (Wildman–Crippen MR) is 117 cm³/mol. The highest BCUT2D eigenvalue weighted by Crippen LogP contribution is 2.07. The summed E-state index contributed by atoms with van der Waals surface area (Å²) in [5, 5.41) is 10.9. The Morgan fingerprint density at radius 2 is 1.78 bits per heavy atom. The molecule has 5 nitrogen and oxygen atoms in total. The molecule has 3 rings (SSSR count). The lowest BCUT2D eigenvalue weighted by molar-refractivity contribution is 0.626. The van der Waals surface area contributed by atoms with Gasteiger partial charge in [-0.3, -0.25) is 4.99 Å². The summed E-state index contributed by atoms with van der Waals surface area (Å²) in [4.78, 5) is 4.20. The van der Waals surface area contributed by atoms with Gasteiger partial charge in [0.25, 0.3) is 0 Å². The zero-order valence-electron chi connectivity index (χ0n) is 15.1. The van der Waals surface area contributed by atoms with Crippen molar-refractivity contribution in [3.05, 3.63) is 83.9 Å². The fraction of sp³-hybridized carbons (Fsp3) is 0.200. The standard InChI is InChI=1S/C20H22FN5.HI/c1-22-20(24-13-16-7-9-18(21)10-8-16)23-12-11-17-14-25-26(15-17)19-5-3-2-4-6-19;/h2-10,14-15H,11-13H2,1H3,(H2,22,23,24);1H. The molecule has 0 spiro atoms. The summed E-state index contributed by atoms with van der Waals surface area (Å²) in [6.45, 7) is 1.33. The highest BCUT2D eigenvalue weighted by molar-refractivity contribution is 14.0. The van der Waals surface area contributed by atoms with Crippen LogP contribution >= 0.6 is 24.0 Å². The number of benzene rings is 2. The first-order chi connectivity index (χ1) is 12.7. The van der Waals surface area contributed by atoms with Gasteiger partial charge in [-0.2, -0.15) is 5.10 Å². The quantitative estimate of drug-likeness (QED) is 0.323. The van der Waals surface area contributed by atoms with Crippen LogP contribution in [0.2, 0.25) is 0 Å². The van der Waals surface area contributed by atoms with Crippen molar-refractivity contribution < 1.29 is 4.39 Å². The van der Waals surface area contributed by atoms with Crippen LogP contribution in [0.1, 0.15) is 11.1 Å². The topological polar surface area (TPSA) is 54.2 Å². The summed E-state index contributed by atoms with van der Waals surface area (Å²) >= 11 is 0. The molecule has 27 heavy (non-hydrogen) atoms. The van der Waals surface area contributed by atoms with Crippen LogP contribution in [0.25, 0.3) is 5.69 Å². The van der Waals surface area contributed by atoms with E-state index in [2.05, 4.69) is 20.7 Å². The van der Waals surface area contributed by atoms with E-state index in [4.69, 9.17) is 0 Å². The van der Waals surface area contributed by atoms with E-state index in [1.807, 2.05) is 47.4 Å². The molecule has 7 heteroatoms. The molecule has 142 valence electrons. The number of rotatable bonds is 6. The number of hydrogen-bond donors (Lipinski definition) is 2. The lowest BCUT2D eigenvalue weighted by Gasteiger charge is -2.11. The van der Waals surface area contributed by atoms with Crippen LogP contribution in [-0.2, 0) is 13.0 Å². The molecule has 2 aromatic carbocycles. The van der Waals surface area contributed by atoms with Crippen molar-refractivity contribution in [2.45, 2.75) is 13.0 Å². The van der Waals surface area contributed by atoms with E-state index in [1.165, 1.54) is 12.1 Å². The third-order valence-corrected chi connectivity index (χ3v) is 3.96. The van der Waals surface area contributed by atoms with Crippen molar-refractivity contribution in [3.8, 4) is 5.69 Å². The van der Waals surface area contributed by atoms with Gasteiger partial charge in [-0.05, 0) is 41.8 Å². The number of nitrogens with one attached hydrogen (secondary N) is 2. The minimum atomic E-state index is -0.229. The second-order valence-corrected chi connectivity index (χ2v) is 5.86. The van der Waals surface area contributed by atoms with Crippen molar-refractivity contribution >= 4 is 29.9 Å². The molecule has 1 heterocycles. The number of aromatic nitrogens is 2. The van der Waals surface area contributed by atoms with Gasteiger partial charge in [0.15, 0.2) is 5.96 Å². The molecule has 0 unspecified atom stereocenters. The molecule has 3 aromatic rings. The maximum Gasteiger partial charge on any atom is 0.191 e. The minimum absolute atomic E-state index is 0. The van der Waals surface area contributed by atoms with Crippen LogP contribution in [-0.4, -0.2) is 29.3 Å². The lowest BCUT2D eigenvalue weighted by Crippen LogP contribution is -2.37. The van der Waals surface area contributed by atoms with Gasteiger partial charge in [0.05, 0.1) is 11.9 Å². The van der Waals surface area contributed by atoms with Crippen molar-refractivity contribution in [1.82, 2.24) is 20.4 Å². The van der Waals surface area contributed by atoms with Gasteiger partial charge >= 0.3 is 0 Å². The third kappa shape index (κ3) is 6.35. The number of guanidine groups is 1. The van der Waals surface area contributed by atoms with Crippen molar-refractivity contribution in [3.63, 3.8) is 0 Å². The first-order valence-electron chi connectivity index (χ1n) is 8.52. The highest BCUT2D eigenvalue weighted by atomic mass is 127. The molecule has 0 aliphatic rings. The molecule has 2 N–H and O–H groups in total. The molecule has 0 aliphatic carbocycles. The fourth-order valence-corrected chi connectivity index (χ4v) is 2.55. The molecule has 0 fully saturated rings. The molecule has 1 aromatic heterocycles. The molecule has 0 amide bonds. The maximum absolute atomic E-state index is 12.9. The number of para-hydroxylation sites is 1. The number of hydrogen-bond acceptors (Lipinski definition) is 2. The Balaban J connectivity index is 0.00000261. The second-order valence-electron chi connectivity index (χ2n) is 5.86. The molecule has 0 bridgehead atoms. The average Bonchev–Trinajstić information content (AvgIpc) is 3.15. The third-order valence-electron chi connectivity index (χ3n) is 3.96. The minimum Gasteiger partial charge on any atom is -0.356 e. The van der Waals surface area contributed by atoms with Gasteiger partial charge < -0.3 is 10.6 Å². The average molecular weight is 479 g/mol. The zero-order chi connectivity index (χ0) is 18.2. The first-order valence-corrected chi connectivity index (χ1v) is 8.52. The van der Waals surface area contributed by atoms with E-state index < -0.39 is 0 Å². The zero-order valence-corrected chi connectivity index (χ0v) is 17.4. The summed E-state index contributed by atoms with van der Waals surface area (Å²) in [5.74, 6) is 0.483. The van der Waals surface area contributed by atoms with Gasteiger partial charge in [-0.15, -0.1) is 24.0 Å².